The number of carboxylic acids is 1. The van der Waals surface area contributed by atoms with Gasteiger partial charge in [-0.05, 0) is 40.8 Å². The van der Waals surface area contributed by atoms with E-state index in [9.17, 15) is 9.59 Å². The van der Waals surface area contributed by atoms with Crippen LogP contribution in [0.4, 0.5) is 15.6 Å². The molecule has 2 aromatic rings. The quantitative estimate of drug-likeness (QED) is 0.704. The fraction of sp³-hybridized carbons (Fsp3) is 0. The highest BCUT2D eigenvalue weighted by molar-refractivity contribution is 14.1. The van der Waals surface area contributed by atoms with E-state index in [1.165, 1.54) is 17.4 Å². The molecule has 0 unspecified atom stereocenters. The molecular weight excluding hydrogens is 381 g/mol. The van der Waals surface area contributed by atoms with Crippen molar-refractivity contribution in [2.75, 3.05) is 10.6 Å². The van der Waals surface area contributed by atoms with E-state index in [4.69, 9.17) is 5.11 Å². The standard InChI is InChI=1S/C11H8IN3O3S/c12-6-1-2-8(7(5-6)9(16)17)14-10(18)15-11-13-3-4-19-11/h1-5H,(H,16,17)(H2,13,14,15,18). The van der Waals surface area contributed by atoms with Gasteiger partial charge in [-0.1, -0.05) is 0 Å². The van der Waals surface area contributed by atoms with Crippen molar-refractivity contribution in [1.29, 1.82) is 0 Å². The normalized spacial score (nSPS) is 9.95. The molecule has 98 valence electrons. The van der Waals surface area contributed by atoms with E-state index in [1.807, 2.05) is 22.6 Å². The molecule has 0 spiro atoms. The summed E-state index contributed by atoms with van der Waals surface area (Å²) >= 11 is 3.28. The van der Waals surface area contributed by atoms with Gasteiger partial charge in [0.25, 0.3) is 0 Å². The van der Waals surface area contributed by atoms with Gasteiger partial charge in [0.05, 0.1) is 11.3 Å². The Bertz CT molecular complexity index is 616. The van der Waals surface area contributed by atoms with Crippen LogP contribution < -0.4 is 10.6 Å². The topological polar surface area (TPSA) is 91.3 Å². The van der Waals surface area contributed by atoms with Crippen LogP contribution in [0.15, 0.2) is 29.8 Å². The Morgan fingerprint density at radius 2 is 2.11 bits per heavy atom. The Kier molecular flexibility index (Phi) is 4.32. The second kappa shape index (κ2) is 5.97. The van der Waals surface area contributed by atoms with Crippen LogP contribution >= 0.6 is 33.9 Å². The molecule has 3 N–H and O–H groups in total. The predicted molar refractivity (Wildman–Crippen MR) is 80.9 cm³/mol. The third-order valence-electron chi connectivity index (χ3n) is 2.11. The molecule has 2 rings (SSSR count). The number of anilines is 2. The summed E-state index contributed by atoms with van der Waals surface area (Å²) in [4.78, 5) is 26.7. The van der Waals surface area contributed by atoms with Crippen LogP contribution in [0.5, 0.6) is 0 Å². The van der Waals surface area contributed by atoms with Crippen LogP contribution in [0.25, 0.3) is 0 Å². The van der Waals surface area contributed by atoms with E-state index in [0.29, 0.717) is 5.13 Å². The molecule has 0 aliphatic heterocycles. The minimum absolute atomic E-state index is 0.0428. The molecular formula is C11H8IN3O3S. The number of aromatic nitrogens is 1. The number of benzene rings is 1. The minimum Gasteiger partial charge on any atom is -0.478 e. The molecule has 0 atom stereocenters. The maximum absolute atomic E-state index is 11.7. The molecule has 1 heterocycles. The summed E-state index contributed by atoms with van der Waals surface area (Å²) in [7, 11) is 0. The van der Waals surface area contributed by atoms with Gasteiger partial charge in [-0.2, -0.15) is 0 Å². The monoisotopic (exact) mass is 389 g/mol. The van der Waals surface area contributed by atoms with Crippen LogP contribution in [-0.2, 0) is 0 Å². The number of rotatable bonds is 3. The fourth-order valence-electron chi connectivity index (χ4n) is 1.34. The summed E-state index contributed by atoms with van der Waals surface area (Å²) in [5.41, 5.74) is 0.281. The van der Waals surface area contributed by atoms with Gasteiger partial charge in [0.1, 0.15) is 0 Å². The second-order valence-electron chi connectivity index (χ2n) is 3.41. The third kappa shape index (κ3) is 3.64. The molecule has 8 heteroatoms. The molecule has 0 fully saturated rings. The second-order valence-corrected chi connectivity index (χ2v) is 5.55. The minimum atomic E-state index is -1.09. The number of hydrogen-bond acceptors (Lipinski definition) is 4. The Morgan fingerprint density at radius 1 is 1.32 bits per heavy atom. The Labute approximate surface area is 126 Å². The molecule has 1 aromatic carbocycles. The van der Waals surface area contributed by atoms with Gasteiger partial charge >= 0.3 is 12.0 Å². The number of nitrogens with one attached hydrogen (secondary N) is 2. The lowest BCUT2D eigenvalue weighted by atomic mass is 10.2. The smallest absolute Gasteiger partial charge is 0.337 e. The molecule has 6 nitrogen and oxygen atoms in total. The van der Waals surface area contributed by atoms with Crippen molar-refractivity contribution in [3.8, 4) is 0 Å². The summed E-state index contributed by atoms with van der Waals surface area (Å²) in [6, 6.07) is 4.22. The zero-order valence-electron chi connectivity index (χ0n) is 9.38. The number of thiazole rings is 1. The highest BCUT2D eigenvalue weighted by Crippen LogP contribution is 2.19. The Balaban J connectivity index is 2.14. The lowest BCUT2D eigenvalue weighted by Gasteiger charge is -2.08. The molecule has 2 amide bonds. The SMILES string of the molecule is O=C(Nc1nccs1)Nc1ccc(I)cc1C(=O)O. The number of urea groups is 1. The Hall–Kier alpha value is -1.68. The number of carbonyl (C=O) groups excluding carboxylic acids is 1. The highest BCUT2D eigenvalue weighted by Gasteiger charge is 2.13. The zero-order valence-corrected chi connectivity index (χ0v) is 12.4. The number of aromatic carboxylic acids is 1. The maximum Gasteiger partial charge on any atom is 0.337 e. The van der Waals surface area contributed by atoms with Crippen LogP contribution in [0, 0.1) is 3.57 Å². The van der Waals surface area contributed by atoms with Crippen molar-refractivity contribution >= 4 is 56.7 Å². The van der Waals surface area contributed by atoms with Gasteiger partial charge in [-0.25, -0.2) is 14.6 Å². The van der Waals surface area contributed by atoms with Gasteiger partial charge in [0.15, 0.2) is 5.13 Å². The maximum atomic E-state index is 11.7. The molecule has 0 saturated carbocycles. The number of carboxylic acid groups (broad SMARTS) is 1. The van der Waals surface area contributed by atoms with Crippen molar-refractivity contribution in [3.05, 3.63) is 38.9 Å². The molecule has 1 aromatic heterocycles. The van der Waals surface area contributed by atoms with E-state index in [1.54, 1.807) is 23.7 Å². The summed E-state index contributed by atoms with van der Waals surface area (Å²) in [6.07, 6.45) is 1.56. The van der Waals surface area contributed by atoms with E-state index >= 15 is 0 Å². The number of hydrogen-bond donors (Lipinski definition) is 3. The van der Waals surface area contributed by atoms with E-state index in [2.05, 4.69) is 15.6 Å². The number of halogens is 1. The summed E-state index contributed by atoms with van der Waals surface area (Å²) in [6.45, 7) is 0. The van der Waals surface area contributed by atoms with Crippen molar-refractivity contribution < 1.29 is 14.7 Å². The van der Waals surface area contributed by atoms with Crippen molar-refractivity contribution in [3.63, 3.8) is 0 Å². The Morgan fingerprint density at radius 3 is 2.74 bits per heavy atom. The number of nitrogens with zero attached hydrogens (tertiary/aromatic N) is 1. The van der Waals surface area contributed by atoms with Crippen LogP contribution in [0.3, 0.4) is 0 Å². The zero-order chi connectivity index (χ0) is 13.8. The first kappa shape index (κ1) is 13.7. The van der Waals surface area contributed by atoms with E-state index in [0.717, 1.165) is 3.57 Å². The molecule has 0 aliphatic rings. The molecule has 0 bridgehead atoms. The van der Waals surface area contributed by atoms with Crippen molar-refractivity contribution in [2.24, 2.45) is 0 Å². The third-order valence-corrected chi connectivity index (χ3v) is 3.47. The number of carbonyl (C=O) groups is 2. The van der Waals surface area contributed by atoms with Crippen LogP contribution in [0.1, 0.15) is 10.4 Å². The lowest BCUT2D eigenvalue weighted by molar-refractivity contribution is 0.0698. The van der Waals surface area contributed by atoms with E-state index in [-0.39, 0.29) is 11.3 Å². The van der Waals surface area contributed by atoms with Crippen molar-refractivity contribution in [2.45, 2.75) is 0 Å². The van der Waals surface area contributed by atoms with Gasteiger partial charge in [-0.3, -0.25) is 5.32 Å². The first-order chi connectivity index (χ1) is 9.06. The summed E-state index contributed by atoms with van der Waals surface area (Å²) < 4.78 is 0.779. The van der Waals surface area contributed by atoms with Gasteiger partial charge in [0, 0.05) is 15.1 Å². The van der Waals surface area contributed by atoms with Gasteiger partial charge < -0.3 is 10.4 Å². The molecule has 0 saturated heterocycles. The summed E-state index contributed by atoms with van der Waals surface area (Å²) in [5, 5.41) is 16.2. The predicted octanol–water partition coefficient (Wildman–Crippen LogP) is 3.09. The lowest BCUT2D eigenvalue weighted by Crippen LogP contribution is -2.21. The van der Waals surface area contributed by atoms with E-state index < -0.39 is 12.0 Å². The summed E-state index contributed by atoms with van der Waals surface area (Å²) in [5.74, 6) is -1.09. The van der Waals surface area contributed by atoms with Crippen LogP contribution in [0.2, 0.25) is 0 Å². The number of amides is 2. The molecule has 0 radical (unpaired) electrons. The fourth-order valence-corrected chi connectivity index (χ4v) is 2.35. The van der Waals surface area contributed by atoms with Crippen LogP contribution in [-0.4, -0.2) is 22.1 Å². The molecule has 0 aliphatic carbocycles. The molecule has 19 heavy (non-hydrogen) atoms. The largest absolute Gasteiger partial charge is 0.478 e. The average Bonchev–Trinajstić information content (AvgIpc) is 2.83. The first-order valence-corrected chi connectivity index (χ1v) is 7.02. The van der Waals surface area contributed by atoms with Gasteiger partial charge in [-0.15, -0.1) is 11.3 Å². The average molecular weight is 389 g/mol. The van der Waals surface area contributed by atoms with Crippen molar-refractivity contribution in [1.82, 2.24) is 4.98 Å². The van der Waals surface area contributed by atoms with Gasteiger partial charge in [0.2, 0.25) is 0 Å². The first-order valence-electron chi connectivity index (χ1n) is 5.06. The highest BCUT2D eigenvalue weighted by atomic mass is 127.